The van der Waals surface area contributed by atoms with Crippen LogP contribution in [0.25, 0.3) is 33.7 Å². The van der Waals surface area contributed by atoms with Gasteiger partial charge in [0.2, 0.25) is 0 Å². The smallest absolute Gasteiger partial charge is 0.315 e. The van der Waals surface area contributed by atoms with E-state index in [-0.39, 0.29) is 36.3 Å². The molecule has 312 valence electrons. The number of rotatable bonds is 12. The van der Waals surface area contributed by atoms with Gasteiger partial charge in [0, 0.05) is 40.4 Å². The second-order valence-electron chi connectivity index (χ2n) is 17.9. The molecule has 4 aliphatic carbocycles. The number of carbonyl (C=O) groups is 1. The molecule has 5 aliphatic rings. The third-order valence-corrected chi connectivity index (χ3v) is 14.4. The Morgan fingerprint density at radius 1 is 0.721 bits per heavy atom. The van der Waals surface area contributed by atoms with E-state index < -0.39 is 6.29 Å². The number of aliphatic hydroxyl groups excluding tert-OH is 1. The first-order valence-corrected chi connectivity index (χ1v) is 22.9. The number of thioether (sulfide) groups is 1. The summed E-state index contributed by atoms with van der Waals surface area (Å²) in [6.45, 7) is 2.61. The summed E-state index contributed by atoms with van der Waals surface area (Å²) in [6.07, 6.45) is 6.35. The molecule has 1 aromatic heterocycles. The van der Waals surface area contributed by atoms with Crippen molar-refractivity contribution in [2.75, 3.05) is 5.75 Å². The largest absolute Gasteiger partial charge is 0.431 e. The van der Waals surface area contributed by atoms with Gasteiger partial charge in [-0.25, -0.2) is 9.78 Å². The number of ether oxygens (including phenoxy) is 2. The monoisotopic (exact) mass is 831 g/mol. The van der Waals surface area contributed by atoms with E-state index in [0.717, 1.165) is 93.0 Å². The van der Waals surface area contributed by atoms with Crippen molar-refractivity contribution in [2.24, 2.45) is 23.7 Å². The number of carbonyl (C=O) groups excluding carboxylic acids is 1. The van der Waals surface area contributed by atoms with Crippen molar-refractivity contribution in [2.45, 2.75) is 87.9 Å². The average molecular weight is 832 g/mol. The summed E-state index contributed by atoms with van der Waals surface area (Å²) in [6, 6.07) is 45.0. The fourth-order valence-corrected chi connectivity index (χ4v) is 11.8. The van der Waals surface area contributed by atoms with Gasteiger partial charge in [0.25, 0.3) is 5.22 Å². The van der Waals surface area contributed by atoms with Gasteiger partial charge in [0.05, 0.1) is 18.8 Å². The van der Waals surface area contributed by atoms with Gasteiger partial charge >= 0.3 is 6.03 Å². The van der Waals surface area contributed by atoms with Crippen molar-refractivity contribution < 1.29 is 23.8 Å². The highest BCUT2D eigenvalue weighted by atomic mass is 32.2. The van der Waals surface area contributed by atoms with Crippen LogP contribution < -0.4 is 10.6 Å². The molecule has 4 bridgehead atoms. The molecule has 6 aromatic rings. The zero-order valence-corrected chi connectivity index (χ0v) is 35.4. The van der Waals surface area contributed by atoms with Crippen LogP contribution in [0.3, 0.4) is 0 Å². The number of oxazole rings is 1. The Morgan fingerprint density at radius 3 is 2.05 bits per heavy atom. The van der Waals surface area contributed by atoms with Crippen LogP contribution in [0.1, 0.15) is 80.1 Å². The zero-order chi connectivity index (χ0) is 41.3. The number of amides is 2. The minimum absolute atomic E-state index is 0.00612. The number of aromatic nitrogens is 1. The molecule has 5 aromatic carbocycles. The van der Waals surface area contributed by atoms with Crippen molar-refractivity contribution in [1.29, 1.82) is 0 Å². The van der Waals surface area contributed by atoms with Crippen LogP contribution in [0.2, 0.25) is 0 Å². The minimum atomic E-state index is -0.633. The highest BCUT2D eigenvalue weighted by Gasteiger charge is 2.51. The van der Waals surface area contributed by atoms with Crippen LogP contribution in [0.15, 0.2) is 143 Å². The molecule has 4 atom stereocenters. The van der Waals surface area contributed by atoms with E-state index in [9.17, 15) is 9.90 Å². The molecule has 1 aliphatic heterocycles. The Bertz CT molecular complexity index is 2360. The molecule has 61 heavy (non-hydrogen) atoms. The van der Waals surface area contributed by atoms with Gasteiger partial charge in [-0.15, -0.1) is 0 Å². The van der Waals surface area contributed by atoms with E-state index in [0.29, 0.717) is 17.5 Å². The molecular formula is C52H53N3O5S. The molecule has 3 N–H and O–H groups in total. The van der Waals surface area contributed by atoms with Gasteiger partial charge in [-0.1, -0.05) is 140 Å². The maximum atomic E-state index is 13.3. The third kappa shape index (κ3) is 8.67. The van der Waals surface area contributed by atoms with Gasteiger partial charge in [-0.2, -0.15) is 0 Å². The van der Waals surface area contributed by atoms with Crippen LogP contribution in [-0.4, -0.2) is 33.5 Å². The van der Waals surface area contributed by atoms with E-state index in [1.807, 2.05) is 72.8 Å². The van der Waals surface area contributed by atoms with Crippen LogP contribution in [0.4, 0.5) is 4.79 Å². The van der Waals surface area contributed by atoms with Crippen molar-refractivity contribution >= 4 is 17.8 Å². The molecule has 2 amide bonds. The summed E-state index contributed by atoms with van der Waals surface area (Å²) >= 11 is 1.55. The second-order valence-corrected chi connectivity index (χ2v) is 18.8. The molecule has 8 nitrogen and oxygen atoms in total. The lowest BCUT2D eigenvalue weighted by atomic mass is 9.53. The van der Waals surface area contributed by atoms with Gasteiger partial charge in [-0.05, 0) is 96.2 Å². The van der Waals surface area contributed by atoms with Crippen molar-refractivity contribution in [1.82, 2.24) is 15.6 Å². The minimum Gasteiger partial charge on any atom is -0.431 e. The summed E-state index contributed by atoms with van der Waals surface area (Å²) in [7, 11) is 0. The van der Waals surface area contributed by atoms with Crippen molar-refractivity contribution in [3.63, 3.8) is 0 Å². The molecule has 1 saturated heterocycles. The maximum Gasteiger partial charge on any atom is 0.315 e. The molecule has 5 fully saturated rings. The first kappa shape index (κ1) is 39.9. The summed E-state index contributed by atoms with van der Waals surface area (Å²) < 4.78 is 20.2. The number of urea groups is 1. The number of nitrogens with zero attached hydrogens (tertiary/aromatic N) is 1. The van der Waals surface area contributed by atoms with Crippen LogP contribution in [0, 0.1) is 23.7 Å². The SMILES string of the molecule is CC1C(CSc2nc(-c3ccccc3)c(-c3ccccc3)o2)OC(c2cccc(-c3cccc(CNC(=O)NC45CC6CC(CC(C6)C4)C5)c3)c2)OC1c1ccc(CO)cc1. The Kier molecular flexibility index (Phi) is 11.3. The predicted octanol–water partition coefficient (Wildman–Crippen LogP) is 11.5. The highest BCUT2D eigenvalue weighted by Crippen LogP contribution is 2.55. The van der Waals surface area contributed by atoms with E-state index in [4.69, 9.17) is 18.9 Å². The summed E-state index contributed by atoms with van der Waals surface area (Å²) in [4.78, 5) is 18.3. The van der Waals surface area contributed by atoms with Gasteiger partial charge in [-0.3, -0.25) is 0 Å². The number of aliphatic hydroxyl groups is 1. The lowest BCUT2D eigenvalue weighted by Gasteiger charge is -2.56. The second kappa shape index (κ2) is 17.3. The quantitative estimate of drug-likeness (QED) is 0.105. The molecular weight excluding hydrogens is 779 g/mol. The fraction of sp³-hybridized carbons (Fsp3) is 0.346. The molecule has 11 rings (SSSR count). The summed E-state index contributed by atoms with van der Waals surface area (Å²) in [5, 5.41) is 17.0. The Morgan fingerprint density at radius 2 is 1.36 bits per heavy atom. The first-order valence-electron chi connectivity index (χ1n) is 21.9. The Hall–Kier alpha value is -5.19. The number of hydrogen-bond donors (Lipinski definition) is 3. The Balaban J connectivity index is 0.866. The van der Waals surface area contributed by atoms with Crippen molar-refractivity contribution in [3.05, 3.63) is 156 Å². The molecule has 4 saturated carbocycles. The van der Waals surface area contributed by atoms with Crippen molar-refractivity contribution in [3.8, 4) is 33.7 Å². The molecule has 0 spiro atoms. The summed E-state index contributed by atoms with van der Waals surface area (Å²) in [5.74, 6) is 3.67. The lowest BCUT2D eigenvalue weighted by Crippen LogP contribution is -2.61. The van der Waals surface area contributed by atoms with Crippen LogP contribution in [-0.2, 0) is 22.6 Å². The van der Waals surface area contributed by atoms with E-state index >= 15 is 0 Å². The maximum absolute atomic E-state index is 13.3. The van der Waals surface area contributed by atoms with Gasteiger partial charge < -0.3 is 29.6 Å². The number of hydrogen-bond acceptors (Lipinski definition) is 7. The zero-order valence-electron chi connectivity index (χ0n) is 34.5. The average Bonchev–Trinajstić information content (AvgIpc) is 3.73. The normalized spacial score (nSPS) is 26.6. The van der Waals surface area contributed by atoms with E-state index in [1.54, 1.807) is 11.8 Å². The van der Waals surface area contributed by atoms with Gasteiger partial charge in [0.15, 0.2) is 12.1 Å². The molecule has 9 heteroatoms. The Labute approximate surface area is 362 Å². The van der Waals surface area contributed by atoms with Crippen LogP contribution in [0.5, 0.6) is 0 Å². The standard InChI is InChI=1S/C52H53N3O5S/c1-33-45(32-61-51-54-46(39-11-4-2-5-12-39)48(60-51)40-13-6-3-7-14-40)58-49(59-47(33)41-20-18-34(31-56)19-21-41)44-17-9-16-43(26-44)42-15-8-10-35(25-42)30-53-50(57)55-52-27-36-22-37(28-52)24-38(23-36)29-52/h2-21,25-26,33,36-38,45,47,49,56H,22-24,27-32H2,1H3,(H2,53,55,57). The number of benzene rings is 5. The fourth-order valence-electron chi connectivity index (χ4n) is 10.9. The number of nitrogens with one attached hydrogen (secondary N) is 2. The lowest BCUT2D eigenvalue weighted by molar-refractivity contribution is -0.268. The summed E-state index contributed by atoms with van der Waals surface area (Å²) in [5.41, 5.74) is 8.72. The molecule has 0 radical (unpaired) electrons. The van der Waals surface area contributed by atoms with Crippen LogP contribution >= 0.6 is 11.8 Å². The predicted molar refractivity (Wildman–Crippen MR) is 239 cm³/mol. The molecule has 2 heterocycles. The van der Waals surface area contributed by atoms with E-state index in [1.165, 1.54) is 19.3 Å². The molecule has 4 unspecified atom stereocenters. The first-order chi connectivity index (χ1) is 29.9. The van der Waals surface area contributed by atoms with E-state index in [2.05, 4.69) is 78.2 Å². The topological polar surface area (TPSA) is 106 Å². The van der Waals surface area contributed by atoms with Gasteiger partial charge in [0.1, 0.15) is 5.69 Å². The third-order valence-electron chi connectivity index (χ3n) is 13.5. The highest BCUT2D eigenvalue weighted by molar-refractivity contribution is 7.99.